The lowest BCUT2D eigenvalue weighted by atomic mass is 10.2. The van der Waals surface area contributed by atoms with Crippen LogP contribution in [0.15, 0.2) is 24.3 Å². The Kier molecular flexibility index (Phi) is 2.93. The Morgan fingerprint density at radius 3 is 2.79 bits per heavy atom. The lowest BCUT2D eigenvalue weighted by Crippen LogP contribution is -2.35. The third kappa shape index (κ3) is 2.18. The van der Waals surface area contributed by atoms with Gasteiger partial charge in [-0.1, -0.05) is 12.8 Å². The molecule has 1 amide bonds. The molecule has 1 aliphatic carbocycles. The Balaban J connectivity index is 1.88. The predicted molar refractivity (Wildman–Crippen MR) is 77.1 cm³/mol. The molecule has 2 aromatic rings. The van der Waals surface area contributed by atoms with E-state index in [2.05, 4.69) is 4.98 Å². The number of rotatable bonds is 2. The average molecular weight is 257 g/mol. The van der Waals surface area contributed by atoms with E-state index < -0.39 is 0 Å². The molecule has 0 bridgehead atoms. The van der Waals surface area contributed by atoms with Crippen LogP contribution in [0.2, 0.25) is 0 Å². The lowest BCUT2D eigenvalue weighted by Gasteiger charge is -2.23. The number of hydrogen-bond acceptors (Lipinski definition) is 2. The van der Waals surface area contributed by atoms with Gasteiger partial charge in [0.1, 0.15) is 5.69 Å². The summed E-state index contributed by atoms with van der Waals surface area (Å²) in [6.07, 6.45) is 4.70. The van der Waals surface area contributed by atoms with Crippen LogP contribution in [0, 0.1) is 0 Å². The summed E-state index contributed by atoms with van der Waals surface area (Å²) in [6.45, 7) is 0. The van der Waals surface area contributed by atoms with Crippen molar-refractivity contribution in [2.75, 3.05) is 12.8 Å². The zero-order chi connectivity index (χ0) is 13.4. The van der Waals surface area contributed by atoms with E-state index in [1.807, 2.05) is 36.2 Å². The van der Waals surface area contributed by atoms with E-state index in [1.54, 1.807) is 0 Å². The van der Waals surface area contributed by atoms with E-state index >= 15 is 0 Å². The molecule has 1 aromatic carbocycles. The monoisotopic (exact) mass is 257 g/mol. The number of aromatic amines is 1. The fraction of sp³-hybridized carbons (Fsp3) is 0.400. The summed E-state index contributed by atoms with van der Waals surface area (Å²) >= 11 is 0. The number of nitrogens with two attached hydrogens (primary N) is 1. The summed E-state index contributed by atoms with van der Waals surface area (Å²) in [4.78, 5) is 17.5. The summed E-state index contributed by atoms with van der Waals surface area (Å²) in [5.41, 5.74) is 8.08. The molecule has 100 valence electrons. The Morgan fingerprint density at radius 2 is 2.05 bits per heavy atom. The van der Waals surface area contributed by atoms with Crippen molar-refractivity contribution in [1.29, 1.82) is 0 Å². The quantitative estimate of drug-likeness (QED) is 0.813. The second kappa shape index (κ2) is 4.61. The van der Waals surface area contributed by atoms with Crippen molar-refractivity contribution in [3.05, 3.63) is 30.0 Å². The minimum Gasteiger partial charge on any atom is -0.399 e. The van der Waals surface area contributed by atoms with Crippen LogP contribution in [0.25, 0.3) is 10.9 Å². The first kappa shape index (κ1) is 12.1. The molecule has 4 heteroatoms. The van der Waals surface area contributed by atoms with E-state index in [0.717, 1.165) is 29.4 Å². The number of H-pyrrole nitrogens is 1. The largest absolute Gasteiger partial charge is 0.399 e. The van der Waals surface area contributed by atoms with Crippen LogP contribution in [0.5, 0.6) is 0 Å². The summed E-state index contributed by atoms with van der Waals surface area (Å²) in [5.74, 6) is 0.0710. The number of amides is 1. The molecule has 3 rings (SSSR count). The van der Waals surface area contributed by atoms with E-state index in [1.165, 1.54) is 12.8 Å². The maximum absolute atomic E-state index is 12.4. The van der Waals surface area contributed by atoms with Gasteiger partial charge in [-0.15, -0.1) is 0 Å². The van der Waals surface area contributed by atoms with Gasteiger partial charge in [0.2, 0.25) is 0 Å². The number of fused-ring (bicyclic) bond motifs is 1. The molecule has 19 heavy (non-hydrogen) atoms. The van der Waals surface area contributed by atoms with Crippen LogP contribution < -0.4 is 5.73 Å². The van der Waals surface area contributed by atoms with Gasteiger partial charge in [-0.2, -0.15) is 0 Å². The van der Waals surface area contributed by atoms with Crippen molar-refractivity contribution < 1.29 is 4.79 Å². The van der Waals surface area contributed by atoms with Gasteiger partial charge in [0.15, 0.2) is 0 Å². The third-order valence-electron chi connectivity index (χ3n) is 4.07. The minimum absolute atomic E-state index is 0.0710. The molecule has 0 aliphatic heterocycles. The first-order chi connectivity index (χ1) is 9.15. The topological polar surface area (TPSA) is 62.1 Å². The van der Waals surface area contributed by atoms with Gasteiger partial charge >= 0.3 is 0 Å². The van der Waals surface area contributed by atoms with Gasteiger partial charge in [-0.25, -0.2) is 0 Å². The first-order valence-electron chi connectivity index (χ1n) is 6.80. The Hall–Kier alpha value is -1.97. The Labute approximate surface area is 112 Å². The number of benzene rings is 1. The average Bonchev–Trinajstić information content (AvgIpc) is 3.05. The van der Waals surface area contributed by atoms with Gasteiger partial charge in [0.05, 0.1) is 0 Å². The number of anilines is 1. The molecule has 1 fully saturated rings. The normalized spacial score (nSPS) is 16.1. The Bertz CT molecular complexity index is 611. The molecule has 0 radical (unpaired) electrons. The number of carbonyl (C=O) groups is 1. The predicted octanol–water partition coefficient (Wildman–Crippen LogP) is 2.76. The Morgan fingerprint density at radius 1 is 1.32 bits per heavy atom. The molecule has 4 nitrogen and oxygen atoms in total. The zero-order valence-corrected chi connectivity index (χ0v) is 11.1. The highest BCUT2D eigenvalue weighted by Gasteiger charge is 2.25. The van der Waals surface area contributed by atoms with Crippen molar-refractivity contribution in [2.45, 2.75) is 31.7 Å². The van der Waals surface area contributed by atoms with Gasteiger partial charge in [0.25, 0.3) is 5.91 Å². The maximum atomic E-state index is 12.4. The smallest absolute Gasteiger partial charge is 0.270 e. The number of hydrogen-bond donors (Lipinski definition) is 2. The molecule has 1 aliphatic rings. The number of nitrogens with one attached hydrogen (secondary N) is 1. The third-order valence-corrected chi connectivity index (χ3v) is 4.07. The van der Waals surface area contributed by atoms with Gasteiger partial charge < -0.3 is 15.6 Å². The molecule has 1 saturated carbocycles. The number of nitrogen functional groups attached to an aromatic ring is 1. The summed E-state index contributed by atoms with van der Waals surface area (Å²) in [5, 5.41) is 0.989. The summed E-state index contributed by atoms with van der Waals surface area (Å²) in [7, 11) is 1.90. The van der Waals surface area contributed by atoms with Crippen LogP contribution in [0.1, 0.15) is 36.2 Å². The molecule has 0 atom stereocenters. The molecule has 0 unspecified atom stereocenters. The number of nitrogens with zero attached hydrogens (tertiary/aromatic N) is 1. The van der Waals surface area contributed by atoms with E-state index in [-0.39, 0.29) is 5.91 Å². The number of aromatic nitrogens is 1. The molecular weight excluding hydrogens is 238 g/mol. The zero-order valence-electron chi connectivity index (χ0n) is 11.1. The summed E-state index contributed by atoms with van der Waals surface area (Å²) < 4.78 is 0. The molecular formula is C15H19N3O. The summed E-state index contributed by atoms with van der Waals surface area (Å²) in [6, 6.07) is 7.92. The van der Waals surface area contributed by atoms with Crippen LogP contribution in [-0.2, 0) is 0 Å². The second-order valence-corrected chi connectivity index (χ2v) is 5.38. The second-order valence-electron chi connectivity index (χ2n) is 5.38. The van der Waals surface area contributed by atoms with Crippen molar-refractivity contribution in [3.63, 3.8) is 0 Å². The number of carbonyl (C=O) groups excluding carboxylic acids is 1. The first-order valence-corrected chi connectivity index (χ1v) is 6.80. The highest BCUT2D eigenvalue weighted by atomic mass is 16.2. The van der Waals surface area contributed by atoms with Crippen molar-refractivity contribution >= 4 is 22.5 Å². The SMILES string of the molecule is CN(C(=O)c1cc2cc(N)ccc2[nH]1)C1CCCC1. The fourth-order valence-electron chi connectivity index (χ4n) is 2.91. The molecule has 0 saturated heterocycles. The highest BCUT2D eigenvalue weighted by Crippen LogP contribution is 2.25. The fourth-order valence-corrected chi connectivity index (χ4v) is 2.91. The van der Waals surface area contributed by atoms with E-state index in [4.69, 9.17) is 5.73 Å². The van der Waals surface area contributed by atoms with E-state index in [0.29, 0.717) is 11.7 Å². The van der Waals surface area contributed by atoms with Gasteiger partial charge in [-0.05, 0) is 37.1 Å². The van der Waals surface area contributed by atoms with Crippen molar-refractivity contribution in [1.82, 2.24) is 9.88 Å². The lowest BCUT2D eigenvalue weighted by molar-refractivity contribution is 0.0730. The highest BCUT2D eigenvalue weighted by molar-refractivity contribution is 5.98. The minimum atomic E-state index is 0.0710. The van der Waals surface area contributed by atoms with Crippen LogP contribution in [0.3, 0.4) is 0 Å². The van der Waals surface area contributed by atoms with E-state index in [9.17, 15) is 4.79 Å². The van der Waals surface area contributed by atoms with Crippen LogP contribution in [0.4, 0.5) is 5.69 Å². The maximum Gasteiger partial charge on any atom is 0.270 e. The van der Waals surface area contributed by atoms with Gasteiger partial charge in [0, 0.05) is 29.7 Å². The van der Waals surface area contributed by atoms with Crippen LogP contribution in [-0.4, -0.2) is 28.9 Å². The van der Waals surface area contributed by atoms with Crippen LogP contribution >= 0.6 is 0 Å². The van der Waals surface area contributed by atoms with Gasteiger partial charge in [-0.3, -0.25) is 4.79 Å². The van der Waals surface area contributed by atoms with Crippen molar-refractivity contribution in [3.8, 4) is 0 Å². The molecule has 0 spiro atoms. The van der Waals surface area contributed by atoms with Crippen molar-refractivity contribution in [2.24, 2.45) is 0 Å². The molecule has 1 heterocycles. The molecule has 3 N–H and O–H groups in total. The standard InChI is InChI=1S/C15H19N3O/c1-18(12-4-2-3-5-12)15(19)14-9-10-8-11(16)6-7-13(10)17-14/h6-9,12,17H,2-5,16H2,1H3. The molecule has 1 aromatic heterocycles.